The number of guanidine groups is 1. The molecule has 4 unspecified atom stereocenters. The minimum Gasteiger partial charge on any atom is -0.381 e. The molecule has 0 aromatic carbocycles. The van der Waals surface area contributed by atoms with Crippen molar-refractivity contribution in [2.75, 3.05) is 40.0 Å². The van der Waals surface area contributed by atoms with Crippen LogP contribution in [0, 0.1) is 16.7 Å². The van der Waals surface area contributed by atoms with Gasteiger partial charge in [0.1, 0.15) is 0 Å². The SMILES string of the molecule is CN=C(NC1C2CCOC2C1(C)C)N1CCC2(CCOC2)C1.I. The number of likely N-dealkylation sites (tertiary alicyclic amines) is 1. The number of nitrogens with zero attached hydrogens (tertiary/aromatic N) is 2. The average Bonchev–Trinajstić information content (AvgIpc) is 3.22. The zero-order chi connectivity index (χ0) is 15.4. The summed E-state index contributed by atoms with van der Waals surface area (Å²) < 4.78 is 11.5. The molecule has 0 aromatic heterocycles. The summed E-state index contributed by atoms with van der Waals surface area (Å²) in [5.41, 5.74) is 0.580. The van der Waals surface area contributed by atoms with E-state index in [1.807, 2.05) is 7.05 Å². The van der Waals surface area contributed by atoms with Crippen LogP contribution < -0.4 is 5.32 Å². The van der Waals surface area contributed by atoms with Crippen LogP contribution in [0.1, 0.15) is 33.1 Å². The molecule has 6 heteroatoms. The Bertz CT molecular complexity index is 476. The summed E-state index contributed by atoms with van der Waals surface area (Å²) in [6, 6.07) is 0.482. The third-order valence-corrected chi connectivity index (χ3v) is 6.52. The van der Waals surface area contributed by atoms with E-state index in [0.29, 0.717) is 23.5 Å². The molecule has 3 saturated heterocycles. The zero-order valence-electron chi connectivity index (χ0n) is 14.5. The van der Waals surface area contributed by atoms with E-state index in [1.165, 1.54) is 19.3 Å². The minimum absolute atomic E-state index is 0. The van der Waals surface area contributed by atoms with Gasteiger partial charge in [-0.3, -0.25) is 4.99 Å². The predicted molar refractivity (Wildman–Crippen MR) is 101 cm³/mol. The number of nitrogens with one attached hydrogen (secondary N) is 1. The normalized spacial score (nSPS) is 41.6. The van der Waals surface area contributed by atoms with E-state index in [2.05, 4.69) is 29.1 Å². The summed E-state index contributed by atoms with van der Waals surface area (Å²) in [6.45, 7) is 9.59. The first-order chi connectivity index (χ1) is 10.6. The number of aliphatic imine (C=N–C) groups is 1. The number of fused-ring (bicyclic) bond motifs is 1. The fourth-order valence-electron chi connectivity index (χ4n) is 5.14. The van der Waals surface area contributed by atoms with Crippen LogP contribution in [0.2, 0.25) is 0 Å². The van der Waals surface area contributed by atoms with Crippen molar-refractivity contribution in [3.8, 4) is 0 Å². The van der Waals surface area contributed by atoms with Gasteiger partial charge in [0.25, 0.3) is 0 Å². The molecule has 0 amide bonds. The predicted octanol–water partition coefficient (Wildman–Crippen LogP) is 2.11. The molecule has 0 bridgehead atoms. The third kappa shape index (κ3) is 2.78. The van der Waals surface area contributed by atoms with Gasteiger partial charge in [0.2, 0.25) is 0 Å². The first-order valence-corrected chi connectivity index (χ1v) is 8.73. The molecular weight excluding hydrogens is 405 g/mol. The smallest absolute Gasteiger partial charge is 0.193 e. The van der Waals surface area contributed by atoms with Crippen molar-refractivity contribution >= 4 is 29.9 Å². The van der Waals surface area contributed by atoms with E-state index in [0.717, 1.165) is 38.9 Å². The van der Waals surface area contributed by atoms with E-state index in [9.17, 15) is 0 Å². The van der Waals surface area contributed by atoms with Crippen LogP contribution in [0.25, 0.3) is 0 Å². The van der Waals surface area contributed by atoms with Gasteiger partial charge in [-0.05, 0) is 19.3 Å². The summed E-state index contributed by atoms with van der Waals surface area (Å²) in [4.78, 5) is 7.01. The quantitative estimate of drug-likeness (QED) is 0.390. The lowest BCUT2D eigenvalue weighted by Gasteiger charge is -2.55. The van der Waals surface area contributed by atoms with Gasteiger partial charge in [0.15, 0.2) is 5.96 Å². The van der Waals surface area contributed by atoms with E-state index in [4.69, 9.17) is 9.47 Å². The number of halogens is 1. The minimum atomic E-state index is 0. The van der Waals surface area contributed by atoms with Crippen molar-refractivity contribution in [2.24, 2.45) is 21.7 Å². The molecule has 132 valence electrons. The van der Waals surface area contributed by atoms with Crippen molar-refractivity contribution in [1.29, 1.82) is 0 Å². The average molecular weight is 435 g/mol. The van der Waals surface area contributed by atoms with E-state index < -0.39 is 0 Å². The van der Waals surface area contributed by atoms with Gasteiger partial charge in [-0.25, -0.2) is 0 Å². The Hall–Kier alpha value is -0.0800. The van der Waals surface area contributed by atoms with Crippen LogP contribution >= 0.6 is 24.0 Å². The Morgan fingerprint density at radius 3 is 2.78 bits per heavy atom. The van der Waals surface area contributed by atoms with Crippen molar-refractivity contribution in [2.45, 2.75) is 45.3 Å². The van der Waals surface area contributed by atoms with Gasteiger partial charge in [0, 0.05) is 56.1 Å². The Balaban J connectivity index is 0.00000156. The van der Waals surface area contributed by atoms with Crippen molar-refractivity contribution in [3.05, 3.63) is 0 Å². The van der Waals surface area contributed by atoms with Gasteiger partial charge in [0.05, 0.1) is 12.7 Å². The highest BCUT2D eigenvalue weighted by Crippen LogP contribution is 2.52. The summed E-state index contributed by atoms with van der Waals surface area (Å²) in [7, 11) is 1.91. The van der Waals surface area contributed by atoms with Gasteiger partial charge in [-0.15, -0.1) is 24.0 Å². The largest absolute Gasteiger partial charge is 0.381 e. The Kier molecular flexibility index (Phi) is 4.88. The van der Waals surface area contributed by atoms with Crippen molar-refractivity contribution < 1.29 is 9.47 Å². The lowest BCUT2D eigenvalue weighted by molar-refractivity contribution is -0.107. The standard InChI is InChI=1S/C17H29N3O2.HI/c1-16(2)13(12-4-8-22-14(12)16)19-15(18-3)20-7-5-17(10-20)6-9-21-11-17;/h12-14H,4-11H2,1-3H3,(H,18,19);1H. The monoisotopic (exact) mass is 435 g/mol. The van der Waals surface area contributed by atoms with Gasteiger partial charge < -0.3 is 19.7 Å². The molecule has 4 atom stereocenters. The molecule has 0 radical (unpaired) electrons. The maximum Gasteiger partial charge on any atom is 0.193 e. The second-order valence-corrected chi connectivity index (χ2v) is 8.21. The van der Waals surface area contributed by atoms with Crippen LogP contribution in [0.5, 0.6) is 0 Å². The zero-order valence-corrected chi connectivity index (χ0v) is 16.8. The van der Waals surface area contributed by atoms with Crippen LogP contribution in [0.3, 0.4) is 0 Å². The first kappa shape index (κ1) is 17.7. The molecule has 1 spiro atoms. The van der Waals surface area contributed by atoms with Crippen LogP contribution in [-0.4, -0.2) is 63.0 Å². The van der Waals surface area contributed by atoms with Gasteiger partial charge in [-0.2, -0.15) is 0 Å². The van der Waals surface area contributed by atoms with Crippen LogP contribution in [0.4, 0.5) is 0 Å². The van der Waals surface area contributed by atoms with Crippen LogP contribution in [-0.2, 0) is 9.47 Å². The highest BCUT2D eigenvalue weighted by molar-refractivity contribution is 14.0. The molecule has 0 aromatic rings. The molecule has 1 saturated carbocycles. The number of ether oxygens (including phenoxy) is 2. The molecule has 5 nitrogen and oxygen atoms in total. The van der Waals surface area contributed by atoms with Crippen molar-refractivity contribution in [3.63, 3.8) is 0 Å². The Morgan fingerprint density at radius 2 is 2.09 bits per heavy atom. The first-order valence-electron chi connectivity index (χ1n) is 8.73. The fourth-order valence-corrected chi connectivity index (χ4v) is 5.14. The number of hydrogen-bond acceptors (Lipinski definition) is 3. The highest BCUT2D eigenvalue weighted by Gasteiger charge is 2.60. The fraction of sp³-hybridized carbons (Fsp3) is 0.941. The topological polar surface area (TPSA) is 46.1 Å². The molecule has 3 aliphatic heterocycles. The maximum atomic E-state index is 5.90. The van der Waals surface area contributed by atoms with Crippen molar-refractivity contribution in [1.82, 2.24) is 10.2 Å². The Labute approximate surface area is 156 Å². The second-order valence-electron chi connectivity index (χ2n) is 8.21. The third-order valence-electron chi connectivity index (χ3n) is 6.52. The Morgan fingerprint density at radius 1 is 1.26 bits per heavy atom. The van der Waals surface area contributed by atoms with Crippen LogP contribution in [0.15, 0.2) is 4.99 Å². The molecule has 4 fully saturated rings. The summed E-state index contributed by atoms with van der Waals surface area (Å²) in [5.74, 6) is 1.73. The van der Waals surface area contributed by atoms with Gasteiger partial charge in [-0.1, -0.05) is 13.8 Å². The lowest BCUT2D eigenvalue weighted by atomic mass is 9.57. The molecular formula is C17H30IN3O2. The summed E-state index contributed by atoms with van der Waals surface area (Å²) >= 11 is 0. The summed E-state index contributed by atoms with van der Waals surface area (Å²) in [5, 5.41) is 3.77. The number of hydrogen-bond donors (Lipinski definition) is 1. The highest BCUT2D eigenvalue weighted by atomic mass is 127. The van der Waals surface area contributed by atoms with E-state index in [-0.39, 0.29) is 29.4 Å². The molecule has 1 N–H and O–H groups in total. The number of rotatable bonds is 1. The molecule has 4 rings (SSSR count). The molecule has 23 heavy (non-hydrogen) atoms. The molecule has 1 aliphatic carbocycles. The van der Waals surface area contributed by atoms with E-state index >= 15 is 0 Å². The summed E-state index contributed by atoms with van der Waals surface area (Å²) in [6.07, 6.45) is 4.04. The lowest BCUT2D eigenvalue weighted by Crippen LogP contribution is -2.68. The van der Waals surface area contributed by atoms with E-state index in [1.54, 1.807) is 0 Å². The van der Waals surface area contributed by atoms with Gasteiger partial charge >= 0.3 is 0 Å². The molecule has 4 aliphatic rings. The second kappa shape index (κ2) is 6.33. The molecule has 3 heterocycles. The maximum absolute atomic E-state index is 5.90.